The Kier molecular flexibility index (Phi) is 5.42. The lowest BCUT2D eigenvalue weighted by molar-refractivity contribution is -0.00404. The molecule has 0 spiro atoms. The summed E-state index contributed by atoms with van der Waals surface area (Å²) in [4.78, 5) is 5.24. The largest absolute Gasteiger partial charge is 0.497 e. The fourth-order valence-electron chi connectivity index (χ4n) is 5.08. The Bertz CT molecular complexity index is 597. The predicted octanol–water partition coefficient (Wildman–Crippen LogP) is 2.78. The van der Waals surface area contributed by atoms with Gasteiger partial charge in [0.05, 0.1) is 7.11 Å². The molecule has 3 unspecified atom stereocenters. The van der Waals surface area contributed by atoms with Gasteiger partial charge in [-0.05, 0) is 70.0 Å². The van der Waals surface area contributed by atoms with E-state index in [0.717, 1.165) is 38.2 Å². The second-order valence-electron chi connectivity index (χ2n) is 8.39. The highest BCUT2D eigenvalue weighted by molar-refractivity contribution is 5.41. The van der Waals surface area contributed by atoms with Gasteiger partial charge >= 0.3 is 0 Å². The van der Waals surface area contributed by atoms with Crippen molar-refractivity contribution < 1.29 is 4.74 Å². The summed E-state index contributed by atoms with van der Waals surface area (Å²) in [5.74, 6) is 0.966. The number of methoxy groups -OCH3 is 1. The SMILES string of the molecule is COc1ccc(C)c(C2(C)CCN(C)C(C)C2N2CCC(N)CC2)c1. The number of hydrogen-bond donors (Lipinski definition) is 1. The molecule has 0 amide bonds. The van der Waals surface area contributed by atoms with E-state index < -0.39 is 0 Å². The topological polar surface area (TPSA) is 41.7 Å². The van der Waals surface area contributed by atoms with E-state index in [4.69, 9.17) is 10.5 Å². The lowest BCUT2D eigenvalue weighted by atomic mass is 9.66. The standard InChI is InChI=1S/C21H35N3O/c1-15-6-7-18(25-5)14-19(15)21(3)10-13-23(4)16(2)20(21)24-11-8-17(22)9-12-24/h6-7,14,16-17,20H,8-13,22H2,1-5H3. The molecule has 2 aliphatic rings. The summed E-state index contributed by atoms with van der Waals surface area (Å²) >= 11 is 0. The minimum absolute atomic E-state index is 0.131. The monoisotopic (exact) mass is 345 g/mol. The Morgan fingerprint density at radius 1 is 1.20 bits per heavy atom. The fraction of sp³-hybridized carbons (Fsp3) is 0.714. The molecule has 2 N–H and O–H groups in total. The fourth-order valence-corrected chi connectivity index (χ4v) is 5.08. The van der Waals surface area contributed by atoms with E-state index in [1.54, 1.807) is 7.11 Å². The molecule has 0 bridgehead atoms. The van der Waals surface area contributed by atoms with Gasteiger partial charge in [-0.1, -0.05) is 13.0 Å². The molecule has 140 valence electrons. The van der Waals surface area contributed by atoms with Crippen LogP contribution in [0.15, 0.2) is 18.2 Å². The minimum Gasteiger partial charge on any atom is -0.497 e. The molecule has 2 fully saturated rings. The lowest BCUT2D eigenvalue weighted by Crippen LogP contribution is -2.64. The van der Waals surface area contributed by atoms with Gasteiger partial charge in [0.2, 0.25) is 0 Å². The maximum Gasteiger partial charge on any atom is 0.119 e. The first-order valence-corrected chi connectivity index (χ1v) is 9.72. The predicted molar refractivity (Wildman–Crippen MR) is 104 cm³/mol. The normalized spacial score (nSPS) is 32.7. The highest BCUT2D eigenvalue weighted by Crippen LogP contribution is 2.43. The summed E-state index contributed by atoms with van der Waals surface area (Å²) < 4.78 is 5.55. The molecule has 0 radical (unpaired) electrons. The zero-order valence-electron chi connectivity index (χ0n) is 16.6. The maximum absolute atomic E-state index is 6.18. The zero-order valence-corrected chi connectivity index (χ0v) is 16.6. The third-order valence-corrected chi connectivity index (χ3v) is 6.82. The number of nitrogens with zero attached hydrogens (tertiary/aromatic N) is 2. The van der Waals surface area contributed by atoms with Gasteiger partial charge in [-0.15, -0.1) is 0 Å². The molecule has 0 aliphatic carbocycles. The second-order valence-corrected chi connectivity index (χ2v) is 8.39. The Morgan fingerprint density at radius 2 is 1.88 bits per heavy atom. The van der Waals surface area contributed by atoms with Gasteiger partial charge in [0.1, 0.15) is 5.75 Å². The van der Waals surface area contributed by atoms with Gasteiger partial charge in [-0.3, -0.25) is 4.90 Å². The van der Waals surface area contributed by atoms with Crippen molar-refractivity contribution in [2.75, 3.05) is 33.8 Å². The molecule has 1 aromatic rings. The number of benzene rings is 1. The number of ether oxygens (including phenoxy) is 1. The summed E-state index contributed by atoms with van der Waals surface area (Å²) in [5.41, 5.74) is 9.13. The average Bonchev–Trinajstić information content (AvgIpc) is 2.60. The van der Waals surface area contributed by atoms with Gasteiger partial charge < -0.3 is 15.4 Å². The van der Waals surface area contributed by atoms with Crippen LogP contribution in [-0.2, 0) is 5.41 Å². The van der Waals surface area contributed by atoms with Crippen LogP contribution in [0.3, 0.4) is 0 Å². The molecule has 1 aromatic carbocycles. The van der Waals surface area contributed by atoms with Crippen LogP contribution >= 0.6 is 0 Å². The van der Waals surface area contributed by atoms with Gasteiger partial charge in [-0.25, -0.2) is 0 Å². The molecule has 4 heteroatoms. The molecule has 2 saturated heterocycles. The molecule has 3 rings (SSSR count). The average molecular weight is 346 g/mol. The molecule has 2 aliphatic heterocycles. The molecule has 25 heavy (non-hydrogen) atoms. The van der Waals surface area contributed by atoms with Crippen molar-refractivity contribution in [3.05, 3.63) is 29.3 Å². The lowest BCUT2D eigenvalue weighted by Gasteiger charge is -2.55. The van der Waals surface area contributed by atoms with Crippen molar-refractivity contribution in [1.82, 2.24) is 9.80 Å². The first-order valence-electron chi connectivity index (χ1n) is 9.72. The first-order chi connectivity index (χ1) is 11.9. The van der Waals surface area contributed by atoms with E-state index in [1.165, 1.54) is 17.5 Å². The van der Waals surface area contributed by atoms with E-state index >= 15 is 0 Å². The van der Waals surface area contributed by atoms with Gasteiger partial charge in [-0.2, -0.15) is 0 Å². The van der Waals surface area contributed by atoms with Crippen LogP contribution in [0.5, 0.6) is 5.75 Å². The quantitative estimate of drug-likeness (QED) is 0.915. The Morgan fingerprint density at radius 3 is 2.52 bits per heavy atom. The van der Waals surface area contributed by atoms with Crippen LogP contribution in [0, 0.1) is 6.92 Å². The van der Waals surface area contributed by atoms with Crippen LogP contribution in [0.1, 0.15) is 44.2 Å². The first kappa shape index (κ1) is 18.7. The molecular weight excluding hydrogens is 310 g/mol. The molecule has 2 heterocycles. The number of rotatable bonds is 3. The van der Waals surface area contributed by atoms with E-state index in [2.05, 4.69) is 55.8 Å². The Balaban J connectivity index is 2.01. The van der Waals surface area contributed by atoms with Crippen LogP contribution in [0.2, 0.25) is 0 Å². The van der Waals surface area contributed by atoms with E-state index in [9.17, 15) is 0 Å². The molecular formula is C21H35N3O. The third-order valence-electron chi connectivity index (χ3n) is 6.82. The van der Waals surface area contributed by atoms with E-state index in [-0.39, 0.29) is 5.41 Å². The van der Waals surface area contributed by atoms with Crippen LogP contribution in [-0.4, -0.2) is 61.7 Å². The van der Waals surface area contributed by atoms with Crippen molar-refractivity contribution in [3.63, 3.8) is 0 Å². The number of likely N-dealkylation sites (N-methyl/N-ethyl adjacent to an activating group) is 1. The summed E-state index contributed by atoms with van der Waals surface area (Å²) in [7, 11) is 4.03. The highest BCUT2D eigenvalue weighted by atomic mass is 16.5. The van der Waals surface area contributed by atoms with Crippen molar-refractivity contribution in [2.45, 2.75) is 63.6 Å². The van der Waals surface area contributed by atoms with Crippen LogP contribution < -0.4 is 10.5 Å². The number of nitrogens with two attached hydrogens (primary N) is 1. The summed E-state index contributed by atoms with van der Waals surface area (Å²) in [6.45, 7) is 10.5. The Labute approximate surface area is 153 Å². The summed E-state index contributed by atoms with van der Waals surface area (Å²) in [6.07, 6.45) is 3.40. The van der Waals surface area contributed by atoms with Crippen LogP contribution in [0.25, 0.3) is 0 Å². The maximum atomic E-state index is 6.18. The van der Waals surface area contributed by atoms with Gasteiger partial charge in [0, 0.05) is 36.6 Å². The number of likely N-dealkylation sites (tertiary alicyclic amines) is 2. The highest BCUT2D eigenvalue weighted by Gasteiger charge is 2.47. The van der Waals surface area contributed by atoms with Crippen molar-refractivity contribution in [3.8, 4) is 5.75 Å². The van der Waals surface area contributed by atoms with E-state index in [0.29, 0.717) is 18.1 Å². The third kappa shape index (κ3) is 3.44. The zero-order chi connectivity index (χ0) is 18.2. The minimum atomic E-state index is 0.131. The molecule has 4 nitrogen and oxygen atoms in total. The second kappa shape index (κ2) is 7.26. The van der Waals surface area contributed by atoms with Gasteiger partial charge in [0.25, 0.3) is 0 Å². The van der Waals surface area contributed by atoms with Crippen molar-refractivity contribution in [1.29, 1.82) is 0 Å². The number of piperidine rings is 2. The molecule has 0 saturated carbocycles. The van der Waals surface area contributed by atoms with Crippen molar-refractivity contribution >= 4 is 0 Å². The van der Waals surface area contributed by atoms with Crippen LogP contribution in [0.4, 0.5) is 0 Å². The van der Waals surface area contributed by atoms with Crippen molar-refractivity contribution in [2.24, 2.45) is 5.73 Å². The number of aryl methyl sites for hydroxylation is 1. The summed E-state index contributed by atoms with van der Waals surface area (Å²) in [5, 5.41) is 0. The summed E-state index contributed by atoms with van der Waals surface area (Å²) in [6, 6.07) is 7.97. The Hall–Kier alpha value is -1.10. The molecule has 3 atom stereocenters. The smallest absolute Gasteiger partial charge is 0.119 e. The molecule has 0 aromatic heterocycles. The van der Waals surface area contributed by atoms with E-state index in [1.807, 2.05) is 0 Å². The van der Waals surface area contributed by atoms with Gasteiger partial charge in [0.15, 0.2) is 0 Å². The number of hydrogen-bond acceptors (Lipinski definition) is 4.